The third-order valence-corrected chi connectivity index (χ3v) is 4.91. The number of aromatic carboxylic acids is 1. The van der Waals surface area contributed by atoms with E-state index in [4.69, 9.17) is 5.11 Å². The van der Waals surface area contributed by atoms with Gasteiger partial charge in [0.25, 0.3) is 0 Å². The summed E-state index contributed by atoms with van der Waals surface area (Å²) in [6.07, 6.45) is 0. The van der Waals surface area contributed by atoms with E-state index in [1.165, 1.54) is 6.07 Å². The number of carbonyl (C=O) groups is 1. The molecule has 0 aliphatic heterocycles. The van der Waals surface area contributed by atoms with Gasteiger partial charge in [-0.05, 0) is 25.1 Å². The quantitative estimate of drug-likeness (QED) is 0.570. The predicted octanol–water partition coefficient (Wildman–Crippen LogP) is 3.43. The zero-order valence-corrected chi connectivity index (χ0v) is 13.9. The fraction of sp³-hybridized carbons (Fsp3) is 0.0625. The molecule has 0 atom stereocenters. The Bertz CT molecular complexity index is 1170. The van der Waals surface area contributed by atoms with Gasteiger partial charge in [-0.15, -0.1) is 16.4 Å². The van der Waals surface area contributed by atoms with E-state index in [1.807, 2.05) is 0 Å². The van der Waals surface area contributed by atoms with Crippen LogP contribution in [0.15, 0.2) is 24.3 Å². The second kappa shape index (κ2) is 5.92. The van der Waals surface area contributed by atoms with E-state index in [9.17, 15) is 13.6 Å². The Hall–Kier alpha value is -3.27. The summed E-state index contributed by atoms with van der Waals surface area (Å²) in [6.45, 7) is 1.66. The summed E-state index contributed by atoms with van der Waals surface area (Å²) < 4.78 is 28.8. The van der Waals surface area contributed by atoms with Crippen molar-refractivity contribution in [2.24, 2.45) is 0 Å². The van der Waals surface area contributed by atoms with Crippen LogP contribution in [-0.4, -0.2) is 36.5 Å². The normalized spacial score (nSPS) is 11.2. The molecule has 0 amide bonds. The van der Waals surface area contributed by atoms with Gasteiger partial charge in [0.1, 0.15) is 5.52 Å². The molecule has 3 heterocycles. The summed E-state index contributed by atoms with van der Waals surface area (Å²) in [4.78, 5) is 20.0. The number of nitrogens with one attached hydrogen (secondary N) is 1. The van der Waals surface area contributed by atoms with E-state index in [0.29, 0.717) is 16.3 Å². The van der Waals surface area contributed by atoms with Crippen molar-refractivity contribution >= 4 is 28.3 Å². The molecule has 0 bridgehead atoms. The molecule has 0 aliphatic rings. The summed E-state index contributed by atoms with van der Waals surface area (Å²) in [5.41, 5.74) is 0.710. The van der Waals surface area contributed by atoms with Crippen LogP contribution in [0, 0.1) is 18.6 Å². The smallest absolute Gasteiger partial charge is 0.365 e. The van der Waals surface area contributed by atoms with Crippen LogP contribution < -0.4 is 0 Å². The molecule has 0 spiro atoms. The molecule has 130 valence electrons. The van der Waals surface area contributed by atoms with Gasteiger partial charge < -0.3 is 5.11 Å². The maximum absolute atomic E-state index is 14.7. The molecule has 2 N–H and O–H groups in total. The van der Waals surface area contributed by atoms with Crippen molar-refractivity contribution in [2.75, 3.05) is 0 Å². The number of thiazole rings is 1. The third-order valence-electron chi connectivity index (χ3n) is 3.74. The number of fused-ring (bicyclic) bond motifs is 1. The molecular weight excluding hydrogens is 364 g/mol. The Morgan fingerprint density at radius 2 is 2.00 bits per heavy atom. The molecule has 1 aromatic carbocycles. The molecule has 0 saturated heterocycles. The van der Waals surface area contributed by atoms with Gasteiger partial charge in [0.05, 0.1) is 22.0 Å². The number of halogens is 2. The van der Waals surface area contributed by atoms with Crippen LogP contribution in [0.1, 0.15) is 15.5 Å². The van der Waals surface area contributed by atoms with Crippen LogP contribution in [0.3, 0.4) is 0 Å². The van der Waals surface area contributed by atoms with Crippen molar-refractivity contribution < 1.29 is 18.7 Å². The van der Waals surface area contributed by atoms with Gasteiger partial charge in [-0.2, -0.15) is 0 Å². The Morgan fingerprint density at radius 3 is 2.73 bits per heavy atom. The van der Waals surface area contributed by atoms with E-state index < -0.39 is 17.6 Å². The number of aryl methyl sites for hydroxylation is 1. The summed E-state index contributed by atoms with van der Waals surface area (Å²) in [7, 11) is 0. The summed E-state index contributed by atoms with van der Waals surface area (Å²) in [5.74, 6) is -2.58. The molecule has 10 heteroatoms. The summed E-state index contributed by atoms with van der Waals surface area (Å²) in [6, 6.07) is 5.83. The molecule has 0 fully saturated rings. The van der Waals surface area contributed by atoms with E-state index in [-0.39, 0.29) is 27.3 Å². The van der Waals surface area contributed by atoms with Gasteiger partial charge in [-0.25, -0.2) is 23.5 Å². The van der Waals surface area contributed by atoms with E-state index in [2.05, 4.69) is 25.4 Å². The zero-order chi connectivity index (χ0) is 18.4. The largest absolute Gasteiger partial charge is 0.476 e. The number of carboxylic acid groups (broad SMARTS) is 1. The number of H-pyrrole nitrogens is 1. The van der Waals surface area contributed by atoms with E-state index in [0.717, 1.165) is 17.4 Å². The lowest BCUT2D eigenvalue weighted by molar-refractivity contribution is 0.0696. The standard InChI is InChI=1S/C16H9F2N5O2S/c1-6-14(26-15(19-6)16(24)25)10-4-2-3-9(20-10)7-5-8(17)12-13(11(7)18)22-23-21-12/h2-5H,1H3,(H,24,25)(H,21,22,23). The number of aromatic nitrogens is 5. The van der Waals surface area contributed by atoms with Crippen molar-refractivity contribution in [3.63, 3.8) is 0 Å². The summed E-state index contributed by atoms with van der Waals surface area (Å²) in [5, 5.41) is 18.3. The first-order chi connectivity index (χ1) is 12.5. The molecule has 4 rings (SSSR count). The molecule has 26 heavy (non-hydrogen) atoms. The topological polar surface area (TPSA) is 105 Å². The van der Waals surface area contributed by atoms with Gasteiger partial charge >= 0.3 is 5.97 Å². The molecule has 0 radical (unpaired) electrons. The number of hydrogen-bond acceptors (Lipinski definition) is 6. The first kappa shape index (κ1) is 16.2. The van der Waals surface area contributed by atoms with Crippen LogP contribution in [0.5, 0.6) is 0 Å². The highest BCUT2D eigenvalue weighted by atomic mass is 32.1. The number of hydrogen-bond donors (Lipinski definition) is 2. The number of rotatable bonds is 3. The lowest BCUT2D eigenvalue weighted by Gasteiger charge is -2.06. The van der Waals surface area contributed by atoms with Crippen molar-refractivity contribution in [1.82, 2.24) is 25.4 Å². The average Bonchev–Trinajstić information content (AvgIpc) is 3.25. The van der Waals surface area contributed by atoms with Crippen LogP contribution >= 0.6 is 11.3 Å². The number of aromatic amines is 1. The minimum Gasteiger partial charge on any atom is -0.476 e. The lowest BCUT2D eigenvalue weighted by atomic mass is 10.1. The fourth-order valence-corrected chi connectivity index (χ4v) is 3.44. The van der Waals surface area contributed by atoms with Crippen molar-refractivity contribution in [1.29, 1.82) is 0 Å². The summed E-state index contributed by atoms with van der Waals surface area (Å²) >= 11 is 0.968. The lowest BCUT2D eigenvalue weighted by Crippen LogP contribution is -1.94. The second-order valence-corrected chi connectivity index (χ2v) is 6.40. The predicted molar refractivity (Wildman–Crippen MR) is 89.8 cm³/mol. The van der Waals surface area contributed by atoms with Crippen LogP contribution in [0.25, 0.3) is 32.9 Å². The second-order valence-electron chi connectivity index (χ2n) is 5.40. The Morgan fingerprint density at radius 1 is 1.23 bits per heavy atom. The Kier molecular flexibility index (Phi) is 3.69. The maximum Gasteiger partial charge on any atom is 0.365 e. The number of benzene rings is 1. The molecular formula is C16H9F2N5O2S. The fourth-order valence-electron chi connectivity index (χ4n) is 2.56. The molecule has 7 nitrogen and oxygen atoms in total. The highest BCUT2D eigenvalue weighted by Gasteiger charge is 2.19. The van der Waals surface area contributed by atoms with Crippen LogP contribution in [0.4, 0.5) is 8.78 Å². The minimum atomic E-state index is -1.13. The molecule has 3 aromatic heterocycles. The highest BCUT2D eigenvalue weighted by Crippen LogP contribution is 2.32. The zero-order valence-electron chi connectivity index (χ0n) is 13.1. The van der Waals surface area contributed by atoms with Gasteiger partial charge in [0.2, 0.25) is 5.01 Å². The molecule has 0 aliphatic carbocycles. The average molecular weight is 373 g/mol. The molecule has 4 aromatic rings. The van der Waals surface area contributed by atoms with Crippen LogP contribution in [-0.2, 0) is 0 Å². The molecule has 0 saturated carbocycles. The van der Waals surface area contributed by atoms with Crippen molar-refractivity contribution in [3.8, 4) is 21.8 Å². The number of pyridine rings is 1. The van der Waals surface area contributed by atoms with E-state index in [1.54, 1.807) is 19.1 Å². The SMILES string of the molecule is Cc1nc(C(=O)O)sc1-c1cccc(-c2cc(F)c3[nH]nnc3c2F)n1. The number of nitrogens with zero attached hydrogens (tertiary/aromatic N) is 4. The molecule has 0 unspecified atom stereocenters. The monoisotopic (exact) mass is 373 g/mol. The van der Waals surface area contributed by atoms with Crippen LogP contribution in [0.2, 0.25) is 0 Å². The maximum atomic E-state index is 14.7. The first-order valence-corrected chi connectivity index (χ1v) is 8.14. The highest BCUT2D eigenvalue weighted by molar-refractivity contribution is 7.17. The van der Waals surface area contributed by atoms with Crippen molar-refractivity contribution in [2.45, 2.75) is 6.92 Å². The minimum absolute atomic E-state index is 0.0635. The van der Waals surface area contributed by atoms with Gasteiger partial charge in [-0.1, -0.05) is 11.3 Å². The Balaban J connectivity index is 1.87. The number of carboxylic acids is 1. The first-order valence-electron chi connectivity index (χ1n) is 7.33. The van der Waals surface area contributed by atoms with Gasteiger partial charge in [-0.3, -0.25) is 5.10 Å². The van der Waals surface area contributed by atoms with Gasteiger partial charge in [0.15, 0.2) is 17.2 Å². The third kappa shape index (κ3) is 2.51. The van der Waals surface area contributed by atoms with Crippen molar-refractivity contribution in [3.05, 3.63) is 46.6 Å². The Labute approximate surface area is 148 Å². The van der Waals surface area contributed by atoms with Gasteiger partial charge in [0, 0.05) is 5.56 Å². The van der Waals surface area contributed by atoms with E-state index >= 15 is 0 Å².